The lowest BCUT2D eigenvalue weighted by Crippen LogP contribution is -2.42. The van der Waals surface area contributed by atoms with Gasteiger partial charge in [0.1, 0.15) is 11.6 Å². The molecule has 6 heteroatoms. The van der Waals surface area contributed by atoms with Crippen LogP contribution < -0.4 is 5.32 Å². The third kappa shape index (κ3) is 3.39. The molecule has 2 amide bonds. The fraction of sp³-hybridized carbons (Fsp3) is 0.292. The van der Waals surface area contributed by atoms with E-state index in [0.29, 0.717) is 6.54 Å². The molecule has 30 heavy (non-hydrogen) atoms. The molecule has 5 rings (SSSR count). The Hall–Kier alpha value is -2.73. The maximum Gasteiger partial charge on any atom is 0.322 e. The van der Waals surface area contributed by atoms with Crippen LogP contribution in [0.2, 0.25) is 0 Å². The number of aryl methyl sites for hydroxylation is 1. The Morgan fingerprint density at radius 3 is 2.63 bits per heavy atom. The molecule has 1 N–H and O–H groups in total. The predicted octanol–water partition coefficient (Wildman–Crippen LogP) is 6.08. The summed E-state index contributed by atoms with van der Waals surface area (Å²) in [6.45, 7) is 0.540. The molecule has 2 aromatic carbocycles. The summed E-state index contributed by atoms with van der Waals surface area (Å²) in [5, 5.41) is 2.59. The van der Waals surface area contributed by atoms with Gasteiger partial charge < -0.3 is 10.2 Å². The summed E-state index contributed by atoms with van der Waals surface area (Å²) in [5.74, 6) is -1.23. The highest BCUT2D eigenvalue weighted by Gasteiger charge is 2.36. The lowest BCUT2D eigenvalue weighted by molar-refractivity contribution is 0.195. The summed E-state index contributed by atoms with van der Waals surface area (Å²) in [4.78, 5) is 17.6. The quantitative estimate of drug-likeness (QED) is 0.531. The molecular formula is C24H22F2N2OS. The fourth-order valence-corrected chi connectivity index (χ4v) is 6.20. The van der Waals surface area contributed by atoms with Crippen molar-refractivity contribution >= 4 is 23.1 Å². The molecule has 1 atom stereocenters. The molecule has 0 bridgehead atoms. The Morgan fingerprint density at radius 1 is 1.00 bits per heavy atom. The summed E-state index contributed by atoms with van der Waals surface area (Å²) >= 11 is 1.82. The molecule has 154 valence electrons. The number of nitrogens with zero attached hydrogens (tertiary/aromatic N) is 1. The molecule has 0 radical (unpaired) electrons. The van der Waals surface area contributed by atoms with E-state index in [2.05, 4.69) is 5.32 Å². The van der Waals surface area contributed by atoms with Gasteiger partial charge in [-0.1, -0.05) is 30.3 Å². The van der Waals surface area contributed by atoms with Crippen molar-refractivity contribution in [3.05, 3.63) is 86.6 Å². The molecule has 3 nitrogen and oxygen atoms in total. The molecule has 0 unspecified atom stereocenters. The monoisotopic (exact) mass is 424 g/mol. The number of anilines is 1. The first kappa shape index (κ1) is 19.2. The third-order valence-electron chi connectivity index (χ3n) is 6.02. The van der Waals surface area contributed by atoms with Crippen molar-refractivity contribution < 1.29 is 13.6 Å². The van der Waals surface area contributed by atoms with Crippen LogP contribution in [0.4, 0.5) is 19.3 Å². The minimum atomic E-state index is -0.648. The van der Waals surface area contributed by atoms with Crippen LogP contribution in [-0.4, -0.2) is 17.5 Å². The number of urea groups is 1. The SMILES string of the molecule is O=C(Nc1cc(F)ccc1F)N1CCc2c(sc3c2CCCC3)[C@H]1c1ccccc1. The molecule has 1 aliphatic carbocycles. The number of hydrogen-bond acceptors (Lipinski definition) is 2. The van der Waals surface area contributed by atoms with Gasteiger partial charge in [-0.15, -0.1) is 11.3 Å². The van der Waals surface area contributed by atoms with Crippen molar-refractivity contribution in [2.75, 3.05) is 11.9 Å². The maximum atomic E-state index is 14.1. The Labute approximate surface area is 178 Å². The van der Waals surface area contributed by atoms with E-state index in [0.717, 1.165) is 43.0 Å². The maximum absolute atomic E-state index is 14.1. The van der Waals surface area contributed by atoms with E-state index >= 15 is 0 Å². The highest BCUT2D eigenvalue weighted by Crippen LogP contribution is 2.45. The standard InChI is InChI=1S/C24H22F2N2OS/c25-16-10-11-19(26)20(14-16)27-24(29)28-13-12-18-17-8-4-5-9-21(17)30-23(18)22(28)15-6-2-1-3-7-15/h1-3,6-7,10-11,14,22H,4-5,8-9,12-13H2,(H,27,29)/t22-/m1/s1. The molecule has 0 fully saturated rings. The number of carbonyl (C=O) groups excluding carboxylic acids is 1. The fourth-order valence-electron chi connectivity index (χ4n) is 4.62. The number of benzene rings is 2. The average Bonchev–Trinajstić information content (AvgIpc) is 3.15. The smallest absolute Gasteiger partial charge is 0.312 e. The lowest BCUT2D eigenvalue weighted by Gasteiger charge is -2.36. The van der Waals surface area contributed by atoms with Crippen molar-refractivity contribution in [2.24, 2.45) is 0 Å². The van der Waals surface area contributed by atoms with Gasteiger partial charge in [0.05, 0.1) is 11.7 Å². The van der Waals surface area contributed by atoms with Crippen molar-refractivity contribution in [3.63, 3.8) is 0 Å². The predicted molar refractivity (Wildman–Crippen MR) is 115 cm³/mol. The second-order valence-electron chi connectivity index (χ2n) is 7.86. The van der Waals surface area contributed by atoms with Gasteiger partial charge in [-0.25, -0.2) is 13.6 Å². The Balaban J connectivity index is 1.53. The Bertz CT molecular complexity index is 1100. The van der Waals surface area contributed by atoms with Crippen LogP contribution >= 0.6 is 11.3 Å². The second-order valence-corrected chi connectivity index (χ2v) is 9.00. The molecular weight excluding hydrogens is 402 g/mol. The number of amides is 2. The van der Waals surface area contributed by atoms with Crippen LogP contribution in [0.25, 0.3) is 0 Å². The summed E-state index contributed by atoms with van der Waals surface area (Å²) in [6.07, 6.45) is 5.45. The van der Waals surface area contributed by atoms with Crippen molar-refractivity contribution in [2.45, 2.75) is 38.1 Å². The van der Waals surface area contributed by atoms with E-state index in [4.69, 9.17) is 0 Å². The molecule has 0 saturated carbocycles. The van der Waals surface area contributed by atoms with Crippen molar-refractivity contribution in [1.82, 2.24) is 4.90 Å². The van der Waals surface area contributed by atoms with E-state index in [-0.39, 0.29) is 11.7 Å². The minimum absolute atomic E-state index is 0.136. The van der Waals surface area contributed by atoms with Crippen LogP contribution in [-0.2, 0) is 19.3 Å². The number of halogens is 2. The number of nitrogens with one attached hydrogen (secondary N) is 1. The van der Waals surface area contributed by atoms with Crippen molar-refractivity contribution in [3.8, 4) is 0 Å². The van der Waals surface area contributed by atoms with E-state index < -0.39 is 17.7 Å². The van der Waals surface area contributed by atoms with E-state index in [9.17, 15) is 13.6 Å². The number of rotatable bonds is 2. The van der Waals surface area contributed by atoms with Gasteiger partial charge in [0.25, 0.3) is 0 Å². The molecule has 1 aromatic heterocycles. The average molecular weight is 425 g/mol. The van der Waals surface area contributed by atoms with Gasteiger partial charge in [0, 0.05) is 22.4 Å². The summed E-state index contributed by atoms with van der Waals surface area (Å²) in [7, 11) is 0. The first-order valence-corrected chi connectivity index (χ1v) is 11.1. The van der Waals surface area contributed by atoms with Gasteiger partial charge in [-0.05, 0) is 60.9 Å². The molecule has 1 aliphatic heterocycles. The highest BCUT2D eigenvalue weighted by molar-refractivity contribution is 7.12. The number of fused-ring (bicyclic) bond motifs is 3. The van der Waals surface area contributed by atoms with Crippen LogP contribution in [0.3, 0.4) is 0 Å². The van der Waals surface area contributed by atoms with E-state index in [1.165, 1.54) is 33.7 Å². The molecule has 2 aliphatic rings. The third-order valence-corrected chi connectivity index (χ3v) is 7.41. The zero-order valence-corrected chi connectivity index (χ0v) is 17.3. The first-order chi connectivity index (χ1) is 14.6. The minimum Gasteiger partial charge on any atom is -0.312 e. The summed E-state index contributed by atoms with van der Waals surface area (Å²) < 4.78 is 27.7. The van der Waals surface area contributed by atoms with Crippen LogP contribution in [0.5, 0.6) is 0 Å². The second kappa shape index (κ2) is 7.84. The zero-order valence-electron chi connectivity index (χ0n) is 16.5. The van der Waals surface area contributed by atoms with Gasteiger partial charge in [0.15, 0.2) is 0 Å². The largest absolute Gasteiger partial charge is 0.322 e. The molecule has 0 saturated heterocycles. The number of carbonyl (C=O) groups is 1. The number of hydrogen-bond donors (Lipinski definition) is 1. The van der Waals surface area contributed by atoms with Gasteiger partial charge >= 0.3 is 6.03 Å². The van der Waals surface area contributed by atoms with Gasteiger partial charge in [-0.2, -0.15) is 0 Å². The van der Waals surface area contributed by atoms with Crippen LogP contribution in [0.15, 0.2) is 48.5 Å². The van der Waals surface area contributed by atoms with Gasteiger partial charge in [0.2, 0.25) is 0 Å². The van der Waals surface area contributed by atoms with Crippen LogP contribution in [0.1, 0.15) is 45.3 Å². The first-order valence-electron chi connectivity index (χ1n) is 10.3. The normalized spacial score (nSPS) is 17.9. The zero-order chi connectivity index (χ0) is 20.7. The van der Waals surface area contributed by atoms with Gasteiger partial charge in [-0.3, -0.25) is 0 Å². The van der Waals surface area contributed by atoms with Crippen molar-refractivity contribution in [1.29, 1.82) is 0 Å². The molecule has 3 aromatic rings. The van der Waals surface area contributed by atoms with Crippen LogP contribution in [0, 0.1) is 11.6 Å². The lowest BCUT2D eigenvalue weighted by atomic mass is 9.88. The summed E-state index contributed by atoms with van der Waals surface area (Å²) in [5.41, 5.74) is 3.78. The van der Waals surface area contributed by atoms with E-state index in [1.54, 1.807) is 4.90 Å². The topological polar surface area (TPSA) is 32.3 Å². The number of thiophene rings is 1. The highest BCUT2D eigenvalue weighted by atomic mass is 32.1. The molecule has 2 heterocycles. The van der Waals surface area contributed by atoms with E-state index in [1.807, 2.05) is 41.7 Å². The Kier molecular flexibility index (Phi) is 5.03. The molecule has 0 spiro atoms. The summed E-state index contributed by atoms with van der Waals surface area (Å²) in [6, 6.07) is 12.4. The Morgan fingerprint density at radius 2 is 1.80 bits per heavy atom.